The van der Waals surface area contributed by atoms with Crippen molar-refractivity contribution in [3.8, 4) is 0 Å². The number of imide groups is 1. The number of aryl methyl sites for hydroxylation is 1. The van der Waals surface area contributed by atoms with E-state index in [0.717, 1.165) is 62.0 Å². The lowest BCUT2D eigenvalue weighted by Gasteiger charge is -2.51. The van der Waals surface area contributed by atoms with Crippen molar-refractivity contribution < 1.29 is 9.59 Å². The highest BCUT2D eigenvalue weighted by atomic mass is 16.2. The Balaban J connectivity index is 1.12. The molecule has 4 aliphatic heterocycles. The zero-order valence-corrected chi connectivity index (χ0v) is 20.4. The lowest BCUT2D eigenvalue weighted by molar-refractivity contribution is -0.135. The topological polar surface area (TPSA) is 94.8 Å². The van der Waals surface area contributed by atoms with Gasteiger partial charge in [-0.2, -0.15) is 0 Å². The predicted octanol–water partition coefficient (Wildman–Crippen LogP) is -0.124. The second kappa shape index (κ2) is 9.07. The van der Waals surface area contributed by atoms with Gasteiger partial charge in [0, 0.05) is 70.5 Å². The first kappa shape index (κ1) is 22.8. The van der Waals surface area contributed by atoms with Crippen molar-refractivity contribution in [2.75, 3.05) is 57.3 Å². The van der Waals surface area contributed by atoms with Crippen LogP contribution in [0.1, 0.15) is 31.7 Å². The number of carbonyl (C=O) groups excluding carboxylic acids is 2. The Hall–Kier alpha value is -2.69. The summed E-state index contributed by atoms with van der Waals surface area (Å²) in [5.74, 6) is -0.673. The van der Waals surface area contributed by atoms with E-state index in [2.05, 4.69) is 37.5 Å². The summed E-state index contributed by atoms with van der Waals surface area (Å²) >= 11 is 0. The van der Waals surface area contributed by atoms with Gasteiger partial charge in [-0.3, -0.25) is 33.8 Å². The van der Waals surface area contributed by atoms with Crippen LogP contribution < -0.4 is 21.2 Å². The van der Waals surface area contributed by atoms with Crippen LogP contribution in [0, 0.1) is 0 Å². The van der Waals surface area contributed by atoms with Crippen LogP contribution in [-0.2, 0) is 16.6 Å². The summed E-state index contributed by atoms with van der Waals surface area (Å²) < 4.78 is 3.16. The van der Waals surface area contributed by atoms with Gasteiger partial charge >= 0.3 is 5.69 Å². The molecule has 35 heavy (non-hydrogen) atoms. The molecular weight excluding hydrogens is 446 g/mol. The minimum Gasteiger partial charge on any atom is -0.369 e. The zero-order chi connectivity index (χ0) is 24.1. The SMILES string of the molecule is Cn1c(=O)n(C2CCC(=O)NC2=O)c2ccc(N3CCN(C4CN(C5CCNCC5)C4)CC3)cc21. The van der Waals surface area contributed by atoms with Crippen molar-refractivity contribution in [2.45, 2.75) is 43.8 Å². The molecule has 1 aromatic heterocycles. The summed E-state index contributed by atoms with van der Waals surface area (Å²) in [4.78, 5) is 44.7. The maximum atomic E-state index is 13.0. The Bertz CT molecular complexity index is 1180. The van der Waals surface area contributed by atoms with Crippen LogP contribution in [0.4, 0.5) is 5.69 Å². The highest BCUT2D eigenvalue weighted by Gasteiger charge is 2.37. The molecule has 0 radical (unpaired) electrons. The van der Waals surface area contributed by atoms with Gasteiger partial charge < -0.3 is 10.2 Å². The number of hydrogen-bond donors (Lipinski definition) is 2. The zero-order valence-electron chi connectivity index (χ0n) is 20.4. The molecule has 10 heteroatoms. The summed E-state index contributed by atoms with van der Waals surface area (Å²) in [7, 11) is 1.75. The van der Waals surface area contributed by atoms with Crippen LogP contribution in [0.15, 0.2) is 23.0 Å². The van der Waals surface area contributed by atoms with Crippen molar-refractivity contribution in [1.82, 2.24) is 29.6 Å². The highest BCUT2D eigenvalue weighted by molar-refractivity contribution is 6.00. The van der Waals surface area contributed by atoms with Gasteiger partial charge in [-0.05, 0) is 50.6 Å². The molecule has 5 heterocycles. The number of nitrogens with zero attached hydrogens (tertiary/aromatic N) is 5. The summed E-state index contributed by atoms with van der Waals surface area (Å²) in [6.45, 7) is 8.75. The molecule has 2 amide bonds. The largest absolute Gasteiger partial charge is 0.369 e. The number of amides is 2. The average Bonchev–Trinajstić information content (AvgIpc) is 3.09. The molecule has 1 atom stereocenters. The van der Waals surface area contributed by atoms with Crippen molar-refractivity contribution >= 4 is 28.5 Å². The molecule has 4 aliphatic rings. The summed E-state index contributed by atoms with van der Waals surface area (Å²) in [5, 5.41) is 5.83. The number of piperidine rings is 2. The lowest BCUT2D eigenvalue weighted by Crippen LogP contribution is -2.65. The lowest BCUT2D eigenvalue weighted by atomic mass is 9.97. The summed E-state index contributed by atoms with van der Waals surface area (Å²) in [6, 6.07) is 6.87. The standard InChI is InChI=1S/C25H35N7O3/c1-28-22-14-18(2-3-20(22)32(25(28)35)21-4-5-23(33)27-24(21)34)29-10-12-30(13-11-29)19-15-31(16-19)17-6-8-26-9-7-17/h2-3,14,17,19,21,26H,4-13,15-16H2,1H3,(H,27,33,34). The van der Waals surface area contributed by atoms with Gasteiger partial charge in [-0.1, -0.05) is 0 Å². The first-order valence-corrected chi connectivity index (χ1v) is 13.0. The molecule has 188 valence electrons. The van der Waals surface area contributed by atoms with Crippen LogP contribution in [0.25, 0.3) is 11.0 Å². The Morgan fingerprint density at radius 3 is 2.31 bits per heavy atom. The Labute approximate surface area is 204 Å². The molecule has 4 fully saturated rings. The third kappa shape index (κ3) is 4.07. The molecule has 1 aromatic carbocycles. The van der Waals surface area contributed by atoms with E-state index in [1.165, 1.54) is 25.9 Å². The monoisotopic (exact) mass is 481 g/mol. The van der Waals surface area contributed by atoms with Crippen LogP contribution in [0.5, 0.6) is 0 Å². The fraction of sp³-hybridized carbons (Fsp3) is 0.640. The van der Waals surface area contributed by atoms with Gasteiger partial charge in [0.2, 0.25) is 11.8 Å². The van der Waals surface area contributed by atoms with E-state index in [1.54, 1.807) is 16.2 Å². The van der Waals surface area contributed by atoms with Gasteiger partial charge in [-0.25, -0.2) is 4.79 Å². The number of fused-ring (bicyclic) bond motifs is 1. The van der Waals surface area contributed by atoms with E-state index < -0.39 is 11.9 Å². The van der Waals surface area contributed by atoms with E-state index in [4.69, 9.17) is 0 Å². The van der Waals surface area contributed by atoms with E-state index in [1.807, 2.05) is 6.07 Å². The fourth-order valence-corrected chi connectivity index (χ4v) is 6.31. The van der Waals surface area contributed by atoms with Crippen LogP contribution >= 0.6 is 0 Å². The van der Waals surface area contributed by atoms with Crippen LogP contribution in [0.3, 0.4) is 0 Å². The minimum absolute atomic E-state index is 0.222. The van der Waals surface area contributed by atoms with E-state index in [9.17, 15) is 14.4 Å². The molecule has 0 saturated carbocycles. The quantitative estimate of drug-likeness (QED) is 0.588. The van der Waals surface area contributed by atoms with E-state index >= 15 is 0 Å². The maximum Gasteiger partial charge on any atom is 0.329 e. The Morgan fingerprint density at radius 2 is 1.60 bits per heavy atom. The third-order valence-electron chi connectivity index (χ3n) is 8.51. The highest BCUT2D eigenvalue weighted by Crippen LogP contribution is 2.28. The molecule has 0 aliphatic carbocycles. The van der Waals surface area contributed by atoms with Gasteiger partial charge in [-0.15, -0.1) is 0 Å². The summed E-state index contributed by atoms with van der Waals surface area (Å²) in [5.41, 5.74) is 2.44. The number of imidazole rings is 1. The second-order valence-electron chi connectivity index (χ2n) is 10.5. The van der Waals surface area contributed by atoms with Gasteiger partial charge in [0.15, 0.2) is 0 Å². The Morgan fingerprint density at radius 1 is 0.857 bits per heavy atom. The van der Waals surface area contributed by atoms with Gasteiger partial charge in [0.25, 0.3) is 0 Å². The number of aromatic nitrogens is 2. The fourth-order valence-electron chi connectivity index (χ4n) is 6.31. The predicted molar refractivity (Wildman–Crippen MR) is 134 cm³/mol. The van der Waals surface area contributed by atoms with Crippen molar-refractivity contribution in [1.29, 1.82) is 0 Å². The van der Waals surface area contributed by atoms with Crippen LogP contribution in [0.2, 0.25) is 0 Å². The van der Waals surface area contributed by atoms with Gasteiger partial charge in [0.05, 0.1) is 11.0 Å². The minimum atomic E-state index is -0.648. The van der Waals surface area contributed by atoms with Crippen molar-refractivity contribution in [3.05, 3.63) is 28.7 Å². The summed E-state index contributed by atoms with van der Waals surface area (Å²) in [6.07, 6.45) is 3.15. The van der Waals surface area contributed by atoms with Crippen LogP contribution in [-0.4, -0.2) is 95.2 Å². The number of piperazine rings is 1. The first-order valence-electron chi connectivity index (χ1n) is 13.0. The normalized spacial score (nSPS) is 25.7. The molecule has 0 spiro atoms. The molecule has 1 unspecified atom stereocenters. The number of anilines is 1. The number of nitrogens with one attached hydrogen (secondary N) is 2. The van der Waals surface area contributed by atoms with E-state index in [-0.39, 0.29) is 18.0 Å². The number of rotatable bonds is 4. The number of carbonyl (C=O) groups is 2. The molecular formula is C25H35N7O3. The van der Waals surface area contributed by atoms with Crippen molar-refractivity contribution in [2.24, 2.45) is 7.05 Å². The number of hydrogen-bond acceptors (Lipinski definition) is 7. The molecule has 10 nitrogen and oxygen atoms in total. The maximum absolute atomic E-state index is 13.0. The Kier molecular flexibility index (Phi) is 5.90. The molecule has 4 saturated heterocycles. The third-order valence-corrected chi connectivity index (χ3v) is 8.51. The number of benzene rings is 1. The second-order valence-corrected chi connectivity index (χ2v) is 10.5. The van der Waals surface area contributed by atoms with Gasteiger partial charge in [0.1, 0.15) is 6.04 Å². The average molecular weight is 482 g/mol. The molecule has 0 bridgehead atoms. The molecule has 2 aromatic rings. The molecule has 2 N–H and O–H groups in total. The van der Waals surface area contributed by atoms with E-state index in [0.29, 0.717) is 12.5 Å². The smallest absolute Gasteiger partial charge is 0.329 e. The van der Waals surface area contributed by atoms with Crippen molar-refractivity contribution in [3.63, 3.8) is 0 Å². The molecule has 6 rings (SSSR count). The number of likely N-dealkylation sites (tertiary alicyclic amines) is 1. The first-order chi connectivity index (χ1) is 17.0.